The average molecular weight is 268 g/mol. The molecule has 0 bridgehead atoms. The van der Waals surface area contributed by atoms with Gasteiger partial charge >= 0.3 is 5.97 Å². The van der Waals surface area contributed by atoms with Crippen molar-refractivity contribution < 1.29 is 9.53 Å². The molecule has 0 spiro atoms. The molecule has 1 aliphatic rings. The summed E-state index contributed by atoms with van der Waals surface area (Å²) >= 11 is 0. The predicted octanol–water partition coefficient (Wildman–Crippen LogP) is 4.96. The van der Waals surface area contributed by atoms with Gasteiger partial charge in [0.2, 0.25) is 0 Å². The molecular weight excluding hydrogens is 236 g/mol. The Balaban J connectivity index is 2.68. The van der Waals surface area contributed by atoms with E-state index in [-0.39, 0.29) is 17.5 Å². The highest BCUT2D eigenvalue weighted by atomic mass is 16.6. The minimum atomic E-state index is -0.153. The second-order valence-corrected chi connectivity index (χ2v) is 7.00. The molecule has 0 saturated heterocycles. The van der Waals surface area contributed by atoms with Crippen LogP contribution >= 0.6 is 0 Å². The van der Waals surface area contributed by atoms with Crippen molar-refractivity contribution in [1.82, 2.24) is 0 Å². The van der Waals surface area contributed by atoms with E-state index in [0.717, 1.165) is 25.7 Å². The number of esters is 1. The zero-order chi connectivity index (χ0) is 14.5. The van der Waals surface area contributed by atoms with Gasteiger partial charge in [-0.05, 0) is 50.4 Å². The molecule has 0 aromatic carbocycles. The number of hydrogen-bond donors (Lipinski definition) is 0. The number of ether oxygens (including phenoxy) is 1. The lowest BCUT2D eigenvalue weighted by Crippen LogP contribution is -2.39. The first kappa shape index (κ1) is 16.5. The van der Waals surface area contributed by atoms with Gasteiger partial charge in [-0.25, -0.2) is 0 Å². The molecule has 1 fully saturated rings. The van der Waals surface area contributed by atoms with Gasteiger partial charge in [0.05, 0.1) is 5.92 Å². The highest BCUT2D eigenvalue weighted by molar-refractivity contribution is 5.73. The average Bonchev–Trinajstić information content (AvgIpc) is 2.36. The molecule has 2 nitrogen and oxygen atoms in total. The number of carbonyl (C=O) groups is 1. The van der Waals surface area contributed by atoms with Gasteiger partial charge < -0.3 is 4.74 Å². The zero-order valence-corrected chi connectivity index (χ0v) is 13.5. The van der Waals surface area contributed by atoms with E-state index in [1.54, 1.807) is 0 Å². The van der Waals surface area contributed by atoms with Crippen LogP contribution in [-0.4, -0.2) is 11.6 Å². The van der Waals surface area contributed by atoms with Crippen LogP contribution in [0.2, 0.25) is 0 Å². The Kier molecular flexibility index (Phi) is 6.35. The van der Waals surface area contributed by atoms with Crippen molar-refractivity contribution in [1.29, 1.82) is 0 Å². The molecule has 1 saturated carbocycles. The first-order chi connectivity index (χ1) is 8.90. The number of hydrogen-bond acceptors (Lipinski definition) is 2. The van der Waals surface area contributed by atoms with E-state index >= 15 is 0 Å². The first-order valence-corrected chi connectivity index (χ1v) is 8.13. The molecule has 0 amide bonds. The summed E-state index contributed by atoms with van der Waals surface area (Å²) in [5.74, 6) is 1.02. The van der Waals surface area contributed by atoms with Crippen LogP contribution in [0.5, 0.6) is 0 Å². The fourth-order valence-electron chi connectivity index (χ4n) is 3.16. The highest BCUT2D eigenvalue weighted by Gasteiger charge is 2.36. The van der Waals surface area contributed by atoms with Crippen LogP contribution in [-0.2, 0) is 9.53 Å². The molecule has 2 heteroatoms. The van der Waals surface area contributed by atoms with Crippen LogP contribution in [0, 0.1) is 17.8 Å². The van der Waals surface area contributed by atoms with Crippen LogP contribution in [0.4, 0.5) is 0 Å². The lowest BCUT2D eigenvalue weighted by molar-refractivity contribution is -0.171. The Morgan fingerprint density at radius 2 is 1.68 bits per heavy atom. The summed E-state index contributed by atoms with van der Waals surface area (Å²) in [7, 11) is 0. The van der Waals surface area contributed by atoms with Crippen molar-refractivity contribution in [2.45, 2.75) is 85.2 Å². The van der Waals surface area contributed by atoms with Gasteiger partial charge in [-0.2, -0.15) is 0 Å². The van der Waals surface area contributed by atoms with E-state index in [4.69, 9.17) is 4.74 Å². The van der Waals surface area contributed by atoms with Crippen molar-refractivity contribution in [3.05, 3.63) is 0 Å². The first-order valence-electron chi connectivity index (χ1n) is 8.13. The van der Waals surface area contributed by atoms with E-state index in [1.807, 2.05) is 0 Å². The van der Waals surface area contributed by atoms with Crippen LogP contribution < -0.4 is 0 Å². The third-order valence-electron chi connectivity index (χ3n) is 4.56. The molecular formula is C17H32O2. The molecule has 1 rings (SSSR count). The normalized spacial score (nSPS) is 20.6. The Bertz CT molecular complexity index is 275. The van der Waals surface area contributed by atoms with E-state index in [9.17, 15) is 4.79 Å². The fraction of sp³-hybridized carbons (Fsp3) is 0.941. The van der Waals surface area contributed by atoms with Crippen LogP contribution in [0.15, 0.2) is 0 Å². The topological polar surface area (TPSA) is 26.3 Å². The molecule has 0 aromatic rings. The summed E-state index contributed by atoms with van der Waals surface area (Å²) in [4.78, 5) is 12.5. The Morgan fingerprint density at radius 3 is 2.11 bits per heavy atom. The summed E-state index contributed by atoms with van der Waals surface area (Å²) in [5, 5.41) is 0. The molecule has 112 valence electrons. The van der Waals surface area contributed by atoms with Crippen LogP contribution in [0.1, 0.15) is 79.6 Å². The van der Waals surface area contributed by atoms with Crippen LogP contribution in [0.25, 0.3) is 0 Å². The lowest BCUT2D eigenvalue weighted by Gasteiger charge is -2.37. The van der Waals surface area contributed by atoms with Gasteiger partial charge in [0, 0.05) is 0 Å². The SMILES string of the molecule is CCC1(OC(=O)C(CC(C)C)C(C)C)CCCCC1. The lowest BCUT2D eigenvalue weighted by atomic mass is 9.82. The molecule has 1 unspecified atom stereocenters. The third-order valence-corrected chi connectivity index (χ3v) is 4.56. The molecule has 19 heavy (non-hydrogen) atoms. The molecule has 1 atom stereocenters. The largest absolute Gasteiger partial charge is 0.459 e. The van der Waals surface area contributed by atoms with Crippen molar-refractivity contribution in [2.24, 2.45) is 17.8 Å². The van der Waals surface area contributed by atoms with E-state index in [1.165, 1.54) is 19.3 Å². The number of carbonyl (C=O) groups excluding carboxylic acids is 1. The Morgan fingerprint density at radius 1 is 1.11 bits per heavy atom. The summed E-state index contributed by atoms with van der Waals surface area (Å²) in [6, 6.07) is 0. The maximum absolute atomic E-state index is 12.5. The minimum Gasteiger partial charge on any atom is -0.459 e. The van der Waals surface area contributed by atoms with E-state index < -0.39 is 0 Å². The van der Waals surface area contributed by atoms with Crippen LogP contribution in [0.3, 0.4) is 0 Å². The predicted molar refractivity (Wildman–Crippen MR) is 80.0 cm³/mol. The van der Waals surface area contributed by atoms with Gasteiger partial charge in [-0.3, -0.25) is 4.79 Å². The Labute approximate surface area is 119 Å². The van der Waals surface area contributed by atoms with Crippen molar-refractivity contribution >= 4 is 5.97 Å². The summed E-state index contributed by atoms with van der Waals surface area (Å²) in [5.41, 5.74) is -0.153. The molecule has 0 N–H and O–H groups in total. The van der Waals surface area contributed by atoms with Crippen molar-refractivity contribution in [3.63, 3.8) is 0 Å². The second kappa shape index (κ2) is 7.31. The second-order valence-electron chi connectivity index (χ2n) is 7.00. The van der Waals surface area contributed by atoms with E-state index in [2.05, 4.69) is 34.6 Å². The van der Waals surface area contributed by atoms with Gasteiger partial charge in [0.1, 0.15) is 5.60 Å². The van der Waals surface area contributed by atoms with Gasteiger partial charge in [-0.15, -0.1) is 0 Å². The molecule has 0 aromatic heterocycles. The van der Waals surface area contributed by atoms with Gasteiger partial charge in [0.25, 0.3) is 0 Å². The maximum Gasteiger partial charge on any atom is 0.309 e. The molecule has 1 aliphatic carbocycles. The van der Waals surface area contributed by atoms with E-state index in [0.29, 0.717) is 11.8 Å². The standard InChI is InChI=1S/C17H32O2/c1-6-17(10-8-7-9-11-17)19-16(18)15(14(4)5)12-13(2)3/h13-15H,6-12H2,1-5H3. The quantitative estimate of drug-likeness (QED) is 0.636. The Hall–Kier alpha value is -0.530. The minimum absolute atomic E-state index is 0.0486. The summed E-state index contributed by atoms with van der Waals surface area (Å²) < 4.78 is 6.01. The van der Waals surface area contributed by atoms with Crippen molar-refractivity contribution in [3.8, 4) is 0 Å². The smallest absolute Gasteiger partial charge is 0.309 e. The van der Waals surface area contributed by atoms with Crippen molar-refractivity contribution in [2.75, 3.05) is 0 Å². The number of rotatable bonds is 6. The van der Waals surface area contributed by atoms with Gasteiger partial charge in [-0.1, -0.05) is 41.0 Å². The highest BCUT2D eigenvalue weighted by Crippen LogP contribution is 2.36. The molecule has 0 aliphatic heterocycles. The zero-order valence-electron chi connectivity index (χ0n) is 13.5. The molecule has 0 heterocycles. The monoisotopic (exact) mass is 268 g/mol. The molecule has 0 radical (unpaired) electrons. The summed E-state index contributed by atoms with van der Waals surface area (Å²) in [6.45, 7) is 10.8. The van der Waals surface area contributed by atoms with Gasteiger partial charge in [0.15, 0.2) is 0 Å². The fourth-order valence-corrected chi connectivity index (χ4v) is 3.16. The summed E-state index contributed by atoms with van der Waals surface area (Å²) in [6.07, 6.45) is 7.72. The third kappa shape index (κ3) is 4.81. The maximum atomic E-state index is 12.5.